The molecule has 0 fully saturated rings. The lowest BCUT2D eigenvalue weighted by atomic mass is 10.1. The van der Waals surface area contributed by atoms with Crippen LogP contribution in [0, 0.1) is 0 Å². The van der Waals surface area contributed by atoms with Crippen LogP contribution in [0.5, 0.6) is 5.75 Å². The van der Waals surface area contributed by atoms with Crippen LogP contribution >= 0.6 is 0 Å². The van der Waals surface area contributed by atoms with Crippen LogP contribution in [0.2, 0.25) is 0 Å². The number of hydrogen-bond acceptors (Lipinski definition) is 4. The topological polar surface area (TPSA) is 57.0 Å². The lowest BCUT2D eigenvalue weighted by molar-refractivity contribution is -0.108. The van der Waals surface area contributed by atoms with E-state index in [-0.39, 0.29) is 0 Å². The van der Waals surface area contributed by atoms with Crippen molar-refractivity contribution in [1.29, 1.82) is 0 Å². The molecule has 0 atom stereocenters. The normalized spacial score (nSPS) is 10.4. The van der Waals surface area contributed by atoms with Gasteiger partial charge in [0.25, 0.3) is 0 Å². The summed E-state index contributed by atoms with van der Waals surface area (Å²) < 4.78 is 7.20. The Labute approximate surface area is 112 Å². The van der Waals surface area contributed by atoms with Crippen LogP contribution in [0.25, 0.3) is 11.3 Å². The van der Waals surface area contributed by atoms with E-state index in [0.29, 0.717) is 13.0 Å². The van der Waals surface area contributed by atoms with Crippen LogP contribution in [0.1, 0.15) is 19.8 Å². The van der Waals surface area contributed by atoms with Gasteiger partial charge in [0, 0.05) is 18.5 Å². The number of ether oxygens (including phenoxy) is 1. The zero-order valence-electron chi connectivity index (χ0n) is 11.0. The van der Waals surface area contributed by atoms with E-state index in [1.54, 1.807) is 4.68 Å². The molecule has 2 rings (SSSR count). The van der Waals surface area contributed by atoms with E-state index in [4.69, 9.17) is 4.74 Å². The molecule has 0 radical (unpaired) electrons. The monoisotopic (exact) mass is 259 g/mol. The molecule has 0 aliphatic rings. The molecule has 1 heterocycles. The number of aromatic nitrogens is 3. The highest BCUT2D eigenvalue weighted by Gasteiger charge is 2.04. The van der Waals surface area contributed by atoms with Crippen LogP contribution in [0.3, 0.4) is 0 Å². The molecule has 0 saturated heterocycles. The first-order valence-electron chi connectivity index (χ1n) is 6.40. The number of hydrogen-bond donors (Lipinski definition) is 0. The molecule has 0 spiro atoms. The van der Waals surface area contributed by atoms with Gasteiger partial charge in [-0.25, -0.2) is 0 Å². The highest BCUT2D eigenvalue weighted by atomic mass is 16.5. The van der Waals surface area contributed by atoms with Gasteiger partial charge in [-0.1, -0.05) is 12.1 Å². The van der Waals surface area contributed by atoms with E-state index < -0.39 is 0 Å². The quantitative estimate of drug-likeness (QED) is 0.716. The molecule has 0 unspecified atom stereocenters. The summed E-state index contributed by atoms with van der Waals surface area (Å²) in [7, 11) is 0. The molecule has 1 aromatic heterocycles. The van der Waals surface area contributed by atoms with Gasteiger partial charge in [0.05, 0.1) is 12.8 Å². The number of carbonyl (C=O) groups excluding carboxylic acids is 1. The average molecular weight is 259 g/mol. The van der Waals surface area contributed by atoms with Crippen LogP contribution in [-0.2, 0) is 11.3 Å². The van der Waals surface area contributed by atoms with Crippen molar-refractivity contribution < 1.29 is 9.53 Å². The van der Waals surface area contributed by atoms with Crippen molar-refractivity contribution >= 4 is 6.29 Å². The minimum atomic E-state index is 0.451. The zero-order valence-corrected chi connectivity index (χ0v) is 11.0. The first kappa shape index (κ1) is 13.3. The van der Waals surface area contributed by atoms with Crippen molar-refractivity contribution in [3.63, 3.8) is 0 Å². The number of aryl methyl sites for hydroxylation is 1. The third kappa shape index (κ3) is 3.64. The predicted molar refractivity (Wildman–Crippen MR) is 71.9 cm³/mol. The molecular weight excluding hydrogens is 242 g/mol. The van der Waals surface area contributed by atoms with E-state index in [9.17, 15) is 4.79 Å². The molecule has 2 aromatic rings. The standard InChI is InChI=1S/C14H17N3O2/c1-2-10-19-13-6-4-12(5-7-13)14-11-17(16-15-14)8-3-9-18/h4-7,9,11H,2-3,8,10H2,1H3. The Morgan fingerprint density at radius 2 is 2.11 bits per heavy atom. The lowest BCUT2D eigenvalue weighted by Gasteiger charge is -2.04. The van der Waals surface area contributed by atoms with Gasteiger partial charge < -0.3 is 9.53 Å². The Bertz CT molecular complexity index is 520. The fraction of sp³-hybridized carbons (Fsp3) is 0.357. The van der Waals surface area contributed by atoms with Gasteiger partial charge >= 0.3 is 0 Å². The first-order chi connectivity index (χ1) is 9.33. The molecule has 0 N–H and O–H groups in total. The third-order valence-corrected chi connectivity index (χ3v) is 2.64. The Morgan fingerprint density at radius 1 is 1.32 bits per heavy atom. The highest BCUT2D eigenvalue weighted by molar-refractivity contribution is 5.58. The summed E-state index contributed by atoms with van der Waals surface area (Å²) in [6.07, 6.45) is 4.16. The molecule has 0 aliphatic heterocycles. The van der Waals surface area contributed by atoms with E-state index >= 15 is 0 Å². The van der Waals surface area contributed by atoms with Gasteiger partial charge in [-0.2, -0.15) is 0 Å². The minimum absolute atomic E-state index is 0.451. The molecule has 1 aromatic carbocycles. The molecule has 5 nitrogen and oxygen atoms in total. The fourth-order valence-electron chi connectivity index (χ4n) is 1.67. The molecule has 0 bridgehead atoms. The largest absolute Gasteiger partial charge is 0.494 e. The molecular formula is C14H17N3O2. The number of carbonyl (C=O) groups is 1. The van der Waals surface area contributed by atoms with Crippen LogP contribution in [-0.4, -0.2) is 27.9 Å². The number of nitrogens with zero attached hydrogens (tertiary/aromatic N) is 3. The second-order valence-corrected chi connectivity index (χ2v) is 4.20. The van der Waals surface area contributed by atoms with Gasteiger partial charge in [0.15, 0.2) is 0 Å². The van der Waals surface area contributed by atoms with Crippen LogP contribution in [0.4, 0.5) is 0 Å². The second-order valence-electron chi connectivity index (χ2n) is 4.20. The van der Waals surface area contributed by atoms with Crippen LogP contribution < -0.4 is 4.74 Å². The number of benzene rings is 1. The molecule has 5 heteroatoms. The molecule has 0 amide bonds. The molecule has 0 aliphatic carbocycles. The summed E-state index contributed by atoms with van der Waals surface area (Å²) in [4.78, 5) is 10.3. The SMILES string of the molecule is CCCOc1ccc(-c2cn(CCC=O)nn2)cc1. The first-order valence-corrected chi connectivity index (χ1v) is 6.40. The Hall–Kier alpha value is -2.17. The summed E-state index contributed by atoms with van der Waals surface area (Å²) >= 11 is 0. The Balaban J connectivity index is 2.04. The zero-order chi connectivity index (χ0) is 13.5. The minimum Gasteiger partial charge on any atom is -0.494 e. The smallest absolute Gasteiger partial charge is 0.121 e. The highest BCUT2D eigenvalue weighted by Crippen LogP contribution is 2.20. The van der Waals surface area contributed by atoms with Gasteiger partial charge in [-0.3, -0.25) is 4.68 Å². The summed E-state index contributed by atoms with van der Waals surface area (Å²) in [5.41, 5.74) is 1.79. The van der Waals surface area contributed by atoms with Crippen molar-refractivity contribution in [3.8, 4) is 17.0 Å². The van der Waals surface area contributed by atoms with Crippen molar-refractivity contribution in [2.45, 2.75) is 26.3 Å². The molecule has 100 valence electrons. The van der Waals surface area contributed by atoms with Crippen molar-refractivity contribution in [2.75, 3.05) is 6.61 Å². The summed E-state index contributed by atoms with van der Waals surface area (Å²) in [6.45, 7) is 3.36. The van der Waals surface area contributed by atoms with Gasteiger partial charge in [0.1, 0.15) is 17.7 Å². The van der Waals surface area contributed by atoms with Gasteiger partial charge in [-0.05, 0) is 30.7 Å². The van der Waals surface area contributed by atoms with Gasteiger partial charge in [0.2, 0.25) is 0 Å². The number of aldehydes is 1. The maximum Gasteiger partial charge on any atom is 0.121 e. The molecule has 0 saturated carbocycles. The van der Waals surface area contributed by atoms with E-state index in [0.717, 1.165) is 36.3 Å². The maximum absolute atomic E-state index is 10.3. The Kier molecular flexibility index (Phi) is 4.66. The van der Waals surface area contributed by atoms with Crippen molar-refractivity contribution in [1.82, 2.24) is 15.0 Å². The third-order valence-electron chi connectivity index (χ3n) is 2.64. The predicted octanol–water partition coefficient (Wildman–Crippen LogP) is 2.32. The lowest BCUT2D eigenvalue weighted by Crippen LogP contribution is -1.98. The van der Waals surface area contributed by atoms with Crippen molar-refractivity contribution in [3.05, 3.63) is 30.5 Å². The average Bonchev–Trinajstić information content (AvgIpc) is 2.92. The van der Waals surface area contributed by atoms with Gasteiger partial charge in [-0.15, -0.1) is 5.10 Å². The Morgan fingerprint density at radius 3 is 2.79 bits per heavy atom. The van der Waals surface area contributed by atoms with Crippen molar-refractivity contribution in [2.24, 2.45) is 0 Å². The summed E-state index contributed by atoms with van der Waals surface area (Å²) in [5.74, 6) is 0.860. The van der Waals surface area contributed by atoms with E-state index in [2.05, 4.69) is 17.2 Å². The molecule has 19 heavy (non-hydrogen) atoms. The van der Waals surface area contributed by atoms with E-state index in [1.165, 1.54) is 0 Å². The van der Waals surface area contributed by atoms with E-state index in [1.807, 2.05) is 30.5 Å². The summed E-state index contributed by atoms with van der Waals surface area (Å²) in [6, 6.07) is 7.77. The van der Waals surface area contributed by atoms with Crippen LogP contribution in [0.15, 0.2) is 30.5 Å². The number of rotatable bonds is 7. The fourth-order valence-corrected chi connectivity index (χ4v) is 1.67. The summed E-state index contributed by atoms with van der Waals surface area (Å²) in [5, 5.41) is 8.07. The second kappa shape index (κ2) is 6.68. The maximum atomic E-state index is 10.3.